The Hall–Kier alpha value is -3.93. The third-order valence-corrected chi connectivity index (χ3v) is 5.29. The maximum atomic E-state index is 12.5. The van der Waals surface area contributed by atoms with Crippen LogP contribution in [0.5, 0.6) is 0 Å². The van der Waals surface area contributed by atoms with E-state index in [-0.39, 0.29) is 0 Å². The van der Waals surface area contributed by atoms with Gasteiger partial charge in [0.1, 0.15) is 5.69 Å². The van der Waals surface area contributed by atoms with Crippen LogP contribution < -0.4 is 0 Å². The number of carbonyl (C=O) groups excluding carboxylic acids is 1. The van der Waals surface area contributed by atoms with Crippen molar-refractivity contribution >= 4 is 27.8 Å². The molecule has 6 nitrogen and oxygen atoms in total. The summed E-state index contributed by atoms with van der Waals surface area (Å²) in [6.07, 6.45) is 1.57. The number of hydrogen-bond donors (Lipinski definition) is 0. The zero-order valence-electron chi connectivity index (χ0n) is 16.6. The number of carbonyl (C=O) groups is 1. The molecule has 3 heterocycles. The predicted molar refractivity (Wildman–Crippen MR) is 114 cm³/mol. The average molecular weight is 397 g/mol. The molecule has 0 amide bonds. The van der Waals surface area contributed by atoms with Crippen LogP contribution >= 0.6 is 0 Å². The van der Waals surface area contributed by atoms with Crippen LogP contribution in [0.4, 0.5) is 0 Å². The van der Waals surface area contributed by atoms with E-state index in [9.17, 15) is 4.79 Å². The fourth-order valence-corrected chi connectivity index (χ4v) is 3.76. The molecule has 0 saturated carbocycles. The van der Waals surface area contributed by atoms with Crippen molar-refractivity contribution in [2.75, 3.05) is 7.11 Å². The van der Waals surface area contributed by atoms with E-state index in [4.69, 9.17) is 14.3 Å². The number of benzene rings is 2. The van der Waals surface area contributed by atoms with Gasteiger partial charge in [-0.05, 0) is 47.5 Å². The van der Waals surface area contributed by atoms with E-state index in [1.54, 1.807) is 24.5 Å². The summed E-state index contributed by atoms with van der Waals surface area (Å²) in [6, 6.07) is 19.9. The molecule has 148 valence electrons. The van der Waals surface area contributed by atoms with E-state index in [1.807, 2.05) is 23.7 Å². The van der Waals surface area contributed by atoms with Crippen molar-refractivity contribution in [1.82, 2.24) is 14.8 Å². The van der Waals surface area contributed by atoms with Gasteiger partial charge in [0.15, 0.2) is 11.4 Å². The quantitative estimate of drug-likeness (QED) is 0.400. The van der Waals surface area contributed by atoms with Crippen molar-refractivity contribution in [3.63, 3.8) is 0 Å². The van der Waals surface area contributed by atoms with Crippen LogP contribution in [-0.4, -0.2) is 27.8 Å². The number of fused-ring (bicyclic) bond motifs is 2. The van der Waals surface area contributed by atoms with E-state index >= 15 is 0 Å². The zero-order chi connectivity index (χ0) is 20.7. The molecule has 0 saturated heterocycles. The second-order valence-corrected chi connectivity index (χ2v) is 7.15. The number of nitrogens with zero attached hydrogens (tertiary/aromatic N) is 3. The zero-order valence-corrected chi connectivity index (χ0v) is 16.6. The second-order valence-electron chi connectivity index (χ2n) is 7.15. The maximum absolute atomic E-state index is 12.5. The number of rotatable bonds is 4. The molecular weight excluding hydrogens is 378 g/mol. The molecular formula is C24H19N3O3. The maximum Gasteiger partial charge on any atom is 0.338 e. The van der Waals surface area contributed by atoms with Crippen molar-refractivity contribution in [2.45, 2.75) is 13.5 Å². The van der Waals surface area contributed by atoms with E-state index in [0.717, 1.165) is 11.3 Å². The smallest absolute Gasteiger partial charge is 0.338 e. The third-order valence-electron chi connectivity index (χ3n) is 5.29. The molecule has 0 unspecified atom stereocenters. The van der Waals surface area contributed by atoms with Gasteiger partial charge >= 0.3 is 5.97 Å². The highest BCUT2D eigenvalue weighted by molar-refractivity contribution is 6.04. The lowest BCUT2D eigenvalue weighted by atomic mass is 10.1. The van der Waals surface area contributed by atoms with E-state index < -0.39 is 5.97 Å². The largest absolute Gasteiger partial charge is 0.465 e. The molecule has 2 aromatic carbocycles. The van der Waals surface area contributed by atoms with Crippen LogP contribution in [0.15, 0.2) is 71.3 Å². The minimum Gasteiger partial charge on any atom is -0.465 e. The first-order valence-electron chi connectivity index (χ1n) is 9.62. The normalized spacial score (nSPS) is 11.3. The van der Waals surface area contributed by atoms with Crippen LogP contribution in [0.3, 0.4) is 0 Å². The Labute approximate surface area is 172 Å². The Kier molecular flexibility index (Phi) is 4.32. The topological polar surface area (TPSA) is 70.2 Å². The molecule has 0 aliphatic rings. The molecule has 0 aliphatic heterocycles. The first kappa shape index (κ1) is 18.1. The number of pyridine rings is 1. The van der Waals surface area contributed by atoms with Crippen LogP contribution in [0.1, 0.15) is 21.6 Å². The van der Waals surface area contributed by atoms with Gasteiger partial charge in [-0.15, -0.1) is 0 Å². The SMILES string of the molecule is COC(=O)c1cc(-c2ccco2)nc2nn(Cc3ccc4ccccc4c3)c(C)c12. The Morgan fingerprint density at radius 2 is 1.90 bits per heavy atom. The Morgan fingerprint density at radius 1 is 1.07 bits per heavy atom. The van der Waals surface area contributed by atoms with Crippen LogP contribution in [0.25, 0.3) is 33.3 Å². The molecule has 0 N–H and O–H groups in total. The third kappa shape index (κ3) is 3.03. The molecule has 30 heavy (non-hydrogen) atoms. The highest BCUT2D eigenvalue weighted by Gasteiger charge is 2.21. The summed E-state index contributed by atoms with van der Waals surface area (Å²) in [7, 11) is 1.37. The van der Waals surface area contributed by atoms with Crippen LogP contribution in [0, 0.1) is 6.92 Å². The fourth-order valence-electron chi connectivity index (χ4n) is 3.76. The molecule has 0 aliphatic carbocycles. The molecule has 0 fully saturated rings. The number of ether oxygens (including phenoxy) is 1. The lowest BCUT2D eigenvalue weighted by Gasteiger charge is -2.07. The Bertz CT molecular complexity index is 1380. The highest BCUT2D eigenvalue weighted by atomic mass is 16.5. The summed E-state index contributed by atoms with van der Waals surface area (Å²) in [5.74, 6) is 0.146. The summed E-state index contributed by atoms with van der Waals surface area (Å²) in [5, 5.41) is 7.76. The highest BCUT2D eigenvalue weighted by Crippen LogP contribution is 2.28. The molecule has 0 bridgehead atoms. The van der Waals surface area contributed by atoms with Crippen molar-refractivity contribution in [2.24, 2.45) is 0 Å². The van der Waals surface area contributed by atoms with Gasteiger partial charge < -0.3 is 9.15 Å². The van der Waals surface area contributed by atoms with Gasteiger partial charge in [-0.1, -0.05) is 36.4 Å². The lowest BCUT2D eigenvalue weighted by molar-refractivity contribution is 0.0603. The van der Waals surface area contributed by atoms with E-state index in [1.165, 1.54) is 17.9 Å². The van der Waals surface area contributed by atoms with Gasteiger partial charge in [-0.25, -0.2) is 9.78 Å². The van der Waals surface area contributed by atoms with E-state index in [2.05, 4.69) is 35.3 Å². The number of hydrogen-bond acceptors (Lipinski definition) is 5. The Balaban J connectivity index is 1.63. The summed E-state index contributed by atoms with van der Waals surface area (Å²) in [5.41, 5.74) is 3.44. The van der Waals surface area contributed by atoms with Crippen molar-refractivity contribution in [1.29, 1.82) is 0 Å². The summed E-state index contributed by atoms with van der Waals surface area (Å²) in [6.45, 7) is 2.51. The number of aryl methyl sites for hydroxylation is 1. The molecule has 0 atom stereocenters. The Morgan fingerprint density at radius 3 is 2.67 bits per heavy atom. The van der Waals surface area contributed by atoms with Gasteiger partial charge in [-0.3, -0.25) is 4.68 Å². The fraction of sp³-hybridized carbons (Fsp3) is 0.125. The summed E-state index contributed by atoms with van der Waals surface area (Å²) in [4.78, 5) is 17.1. The first-order chi connectivity index (χ1) is 14.6. The molecule has 3 aromatic heterocycles. The average Bonchev–Trinajstić information content (AvgIpc) is 3.41. The molecule has 0 spiro atoms. The number of aromatic nitrogens is 3. The molecule has 0 radical (unpaired) electrons. The predicted octanol–water partition coefficient (Wildman–Crippen LogP) is 4.99. The second kappa shape index (κ2) is 7.15. The minimum atomic E-state index is -0.427. The van der Waals surface area contributed by atoms with Gasteiger partial charge in [0, 0.05) is 5.69 Å². The number of furan rings is 1. The molecule has 5 aromatic rings. The number of esters is 1. The molecule has 6 heteroatoms. The monoisotopic (exact) mass is 397 g/mol. The van der Waals surface area contributed by atoms with Crippen molar-refractivity contribution in [3.8, 4) is 11.5 Å². The van der Waals surface area contributed by atoms with Crippen molar-refractivity contribution in [3.05, 3.63) is 83.7 Å². The van der Waals surface area contributed by atoms with Crippen LogP contribution in [0.2, 0.25) is 0 Å². The number of methoxy groups -OCH3 is 1. The van der Waals surface area contributed by atoms with Gasteiger partial charge in [0.25, 0.3) is 0 Å². The standard InChI is InChI=1S/C24H19N3O3/c1-15-22-19(24(28)29-2)13-20(21-8-5-11-30-21)25-23(22)26-27(15)14-16-9-10-17-6-3-4-7-18(17)12-16/h3-13H,14H2,1-2H3. The van der Waals surface area contributed by atoms with Gasteiger partial charge in [0.05, 0.1) is 30.9 Å². The van der Waals surface area contributed by atoms with E-state index in [0.29, 0.717) is 34.6 Å². The first-order valence-corrected chi connectivity index (χ1v) is 9.62. The lowest BCUT2D eigenvalue weighted by Crippen LogP contribution is -2.05. The molecule has 5 rings (SSSR count). The van der Waals surface area contributed by atoms with Crippen LogP contribution in [-0.2, 0) is 11.3 Å². The summed E-state index contributed by atoms with van der Waals surface area (Å²) >= 11 is 0. The summed E-state index contributed by atoms with van der Waals surface area (Å²) < 4.78 is 12.3. The van der Waals surface area contributed by atoms with Gasteiger partial charge in [-0.2, -0.15) is 5.10 Å². The van der Waals surface area contributed by atoms with Gasteiger partial charge in [0.2, 0.25) is 0 Å². The van der Waals surface area contributed by atoms with Crippen molar-refractivity contribution < 1.29 is 13.9 Å². The minimum absolute atomic E-state index is 0.427.